The molecular weight excluding hydrogens is 295 g/mol. The third-order valence-electron chi connectivity index (χ3n) is 4.52. The Morgan fingerprint density at radius 1 is 1.00 bits per heavy atom. The van der Waals surface area contributed by atoms with Crippen LogP contribution in [0.25, 0.3) is 0 Å². The molecule has 0 aromatic carbocycles. The van der Waals surface area contributed by atoms with E-state index in [1.165, 1.54) is 19.3 Å². The fourth-order valence-electron chi connectivity index (χ4n) is 3.27. The molecule has 0 aromatic heterocycles. The first-order valence-corrected chi connectivity index (χ1v) is 8.23. The number of hydrogen-bond donors (Lipinski definition) is 1. The van der Waals surface area contributed by atoms with Gasteiger partial charge in [-0.05, 0) is 45.3 Å². The molecule has 2 aliphatic heterocycles. The number of carbonyl (C=O) groups is 1. The summed E-state index contributed by atoms with van der Waals surface area (Å²) in [4.78, 5) is 16.5. The number of piperidine rings is 2. The third kappa shape index (κ3) is 6.12. The normalized spacial score (nSPS) is 25.1. The van der Waals surface area contributed by atoms with Crippen molar-refractivity contribution in [2.45, 2.75) is 38.3 Å². The summed E-state index contributed by atoms with van der Waals surface area (Å²) in [6, 6.07) is 0. The van der Waals surface area contributed by atoms with Crippen LogP contribution in [0.4, 0.5) is 13.2 Å². The van der Waals surface area contributed by atoms with E-state index in [4.69, 9.17) is 0 Å². The molecule has 0 spiro atoms. The average Bonchev–Trinajstić information content (AvgIpc) is 2.51. The Labute approximate surface area is 130 Å². The predicted octanol–water partition coefficient (Wildman–Crippen LogP) is 1.86. The third-order valence-corrected chi connectivity index (χ3v) is 4.52. The van der Waals surface area contributed by atoms with Gasteiger partial charge in [0.1, 0.15) is 6.54 Å². The van der Waals surface area contributed by atoms with Crippen LogP contribution < -0.4 is 5.32 Å². The summed E-state index contributed by atoms with van der Waals surface area (Å²) < 4.78 is 36.5. The fraction of sp³-hybridized carbons (Fsp3) is 0.933. The van der Waals surface area contributed by atoms with Crippen LogP contribution in [0, 0.1) is 5.92 Å². The standard InChI is InChI=1S/C15H26F3N3O/c16-15(17,18)12-19-14(22)13-5-4-8-21(11-13)10-9-20-6-2-1-3-7-20/h13H,1-12H2,(H,19,22). The summed E-state index contributed by atoms with van der Waals surface area (Å²) in [7, 11) is 0. The van der Waals surface area contributed by atoms with Crippen molar-refractivity contribution in [2.24, 2.45) is 5.92 Å². The molecule has 0 saturated carbocycles. The molecule has 0 aliphatic carbocycles. The van der Waals surface area contributed by atoms with Gasteiger partial charge in [-0.1, -0.05) is 6.42 Å². The summed E-state index contributed by atoms with van der Waals surface area (Å²) >= 11 is 0. The van der Waals surface area contributed by atoms with E-state index < -0.39 is 18.6 Å². The first-order chi connectivity index (χ1) is 10.4. The molecule has 7 heteroatoms. The Kier molecular flexibility index (Phi) is 6.50. The Morgan fingerprint density at radius 2 is 1.64 bits per heavy atom. The molecule has 2 aliphatic rings. The van der Waals surface area contributed by atoms with Crippen LogP contribution in [0.3, 0.4) is 0 Å². The molecular formula is C15H26F3N3O. The largest absolute Gasteiger partial charge is 0.405 e. The highest BCUT2D eigenvalue weighted by Gasteiger charge is 2.31. The topological polar surface area (TPSA) is 35.6 Å². The minimum absolute atomic E-state index is 0.308. The van der Waals surface area contributed by atoms with E-state index in [9.17, 15) is 18.0 Å². The minimum atomic E-state index is -4.34. The van der Waals surface area contributed by atoms with Gasteiger partial charge in [-0.3, -0.25) is 4.79 Å². The molecule has 2 rings (SSSR count). The monoisotopic (exact) mass is 321 g/mol. The van der Waals surface area contributed by atoms with Crippen molar-refractivity contribution in [1.29, 1.82) is 0 Å². The summed E-state index contributed by atoms with van der Waals surface area (Å²) in [5.74, 6) is -0.766. The van der Waals surface area contributed by atoms with Gasteiger partial charge in [-0.25, -0.2) is 0 Å². The minimum Gasteiger partial charge on any atom is -0.347 e. The van der Waals surface area contributed by atoms with Crippen molar-refractivity contribution in [3.63, 3.8) is 0 Å². The van der Waals surface area contributed by atoms with Crippen molar-refractivity contribution in [2.75, 3.05) is 45.8 Å². The lowest BCUT2D eigenvalue weighted by atomic mass is 9.97. The molecule has 2 fully saturated rings. The zero-order valence-electron chi connectivity index (χ0n) is 13.0. The lowest BCUT2D eigenvalue weighted by molar-refractivity contribution is -0.141. The molecule has 0 aromatic rings. The quantitative estimate of drug-likeness (QED) is 0.840. The van der Waals surface area contributed by atoms with Crippen LogP contribution in [0.1, 0.15) is 32.1 Å². The van der Waals surface area contributed by atoms with Gasteiger partial charge in [-0.15, -0.1) is 0 Å². The zero-order chi connectivity index (χ0) is 16.0. The van der Waals surface area contributed by atoms with Crippen LogP contribution in [-0.4, -0.2) is 67.7 Å². The summed E-state index contributed by atoms with van der Waals surface area (Å²) in [5.41, 5.74) is 0. The number of rotatable bonds is 5. The highest BCUT2D eigenvalue weighted by molar-refractivity contribution is 5.79. The predicted molar refractivity (Wildman–Crippen MR) is 78.5 cm³/mol. The Hall–Kier alpha value is -0.820. The van der Waals surface area contributed by atoms with Gasteiger partial charge >= 0.3 is 6.18 Å². The van der Waals surface area contributed by atoms with Crippen LogP contribution in [0.2, 0.25) is 0 Å². The van der Waals surface area contributed by atoms with Crippen LogP contribution in [0.15, 0.2) is 0 Å². The molecule has 4 nitrogen and oxygen atoms in total. The van der Waals surface area contributed by atoms with Crippen molar-refractivity contribution in [1.82, 2.24) is 15.1 Å². The summed E-state index contributed by atoms with van der Waals surface area (Å²) in [5, 5.41) is 2.02. The van der Waals surface area contributed by atoms with Gasteiger partial charge in [0.25, 0.3) is 0 Å². The maximum atomic E-state index is 12.2. The second-order valence-corrected chi connectivity index (χ2v) is 6.38. The van der Waals surface area contributed by atoms with E-state index in [1.54, 1.807) is 0 Å². The molecule has 22 heavy (non-hydrogen) atoms. The number of amides is 1. The Balaban J connectivity index is 1.70. The molecule has 1 N–H and O–H groups in total. The van der Waals surface area contributed by atoms with E-state index in [-0.39, 0.29) is 5.92 Å². The number of alkyl halides is 3. The van der Waals surface area contributed by atoms with E-state index in [1.807, 2.05) is 5.32 Å². The first-order valence-electron chi connectivity index (χ1n) is 8.23. The van der Waals surface area contributed by atoms with Gasteiger partial charge in [-0.2, -0.15) is 13.2 Å². The zero-order valence-corrected chi connectivity index (χ0v) is 13.0. The number of likely N-dealkylation sites (tertiary alicyclic amines) is 2. The van der Waals surface area contributed by atoms with Gasteiger partial charge in [0, 0.05) is 19.6 Å². The van der Waals surface area contributed by atoms with E-state index >= 15 is 0 Å². The smallest absolute Gasteiger partial charge is 0.347 e. The number of hydrogen-bond acceptors (Lipinski definition) is 3. The number of nitrogens with one attached hydrogen (secondary N) is 1. The van der Waals surface area contributed by atoms with Gasteiger partial charge < -0.3 is 15.1 Å². The van der Waals surface area contributed by atoms with E-state index in [0.29, 0.717) is 13.0 Å². The van der Waals surface area contributed by atoms with Crippen molar-refractivity contribution in [3.05, 3.63) is 0 Å². The maximum absolute atomic E-state index is 12.2. The molecule has 1 atom stereocenters. The second-order valence-electron chi connectivity index (χ2n) is 6.38. The summed E-state index contributed by atoms with van der Waals surface area (Å²) in [6.07, 6.45) is 1.04. The number of carbonyl (C=O) groups excluding carboxylic acids is 1. The average molecular weight is 321 g/mol. The molecule has 2 saturated heterocycles. The van der Waals surface area contributed by atoms with Gasteiger partial charge in [0.15, 0.2) is 0 Å². The van der Waals surface area contributed by atoms with Crippen LogP contribution in [0.5, 0.6) is 0 Å². The highest BCUT2D eigenvalue weighted by Crippen LogP contribution is 2.18. The lowest BCUT2D eigenvalue weighted by Crippen LogP contribution is -2.47. The Morgan fingerprint density at radius 3 is 2.32 bits per heavy atom. The fourth-order valence-corrected chi connectivity index (χ4v) is 3.27. The number of nitrogens with zero attached hydrogens (tertiary/aromatic N) is 2. The maximum Gasteiger partial charge on any atom is 0.405 e. The van der Waals surface area contributed by atoms with E-state index in [2.05, 4.69) is 9.80 Å². The summed E-state index contributed by atoms with van der Waals surface area (Å²) in [6.45, 7) is 4.48. The molecule has 1 unspecified atom stereocenters. The van der Waals surface area contributed by atoms with Crippen LogP contribution in [-0.2, 0) is 4.79 Å². The lowest BCUT2D eigenvalue weighted by Gasteiger charge is -2.34. The van der Waals surface area contributed by atoms with Crippen molar-refractivity contribution >= 4 is 5.91 Å². The van der Waals surface area contributed by atoms with E-state index in [0.717, 1.165) is 39.1 Å². The number of halogens is 3. The first kappa shape index (κ1) is 17.5. The molecule has 0 radical (unpaired) electrons. The van der Waals surface area contributed by atoms with Crippen LogP contribution >= 0.6 is 0 Å². The molecule has 1 amide bonds. The van der Waals surface area contributed by atoms with Crippen molar-refractivity contribution < 1.29 is 18.0 Å². The second kappa shape index (κ2) is 8.15. The van der Waals surface area contributed by atoms with Gasteiger partial charge in [0.05, 0.1) is 5.92 Å². The Bertz CT molecular complexity index is 356. The molecule has 0 bridgehead atoms. The SMILES string of the molecule is O=C(NCC(F)(F)F)C1CCCN(CCN2CCCCC2)C1. The molecule has 2 heterocycles. The van der Waals surface area contributed by atoms with Crippen molar-refractivity contribution in [3.8, 4) is 0 Å². The van der Waals surface area contributed by atoms with Gasteiger partial charge in [0.2, 0.25) is 5.91 Å². The highest BCUT2D eigenvalue weighted by atomic mass is 19.4. The molecule has 128 valence electrons.